The Balaban J connectivity index is 1.76. The van der Waals surface area contributed by atoms with E-state index in [1.165, 1.54) is 4.90 Å². The highest BCUT2D eigenvalue weighted by molar-refractivity contribution is 7.80. The number of aryl methyl sites for hydroxylation is 1. The molecule has 2 amide bonds. The monoisotopic (exact) mass is 469 g/mol. The molecule has 0 saturated carbocycles. The summed E-state index contributed by atoms with van der Waals surface area (Å²) in [5.41, 5.74) is 4.01. The largest absolute Gasteiger partial charge is 0.318 e. The lowest BCUT2D eigenvalue weighted by molar-refractivity contribution is -0.122. The van der Waals surface area contributed by atoms with Crippen molar-refractivity contribution < 1.29 is 9.59 Å². The van der Waals surface area contributed by atoms with Crippen LogP contribution in [0.3, 0.4) is 0 Å². The fraction of sp³-hybridized carbons (Fsp3) is 0.0870. The molecule has 0 spiro atoms. The van der Waals surface area contributed by atoms with Gasteiger partial charge >= 0.3 is 0 Å². The van der Waals surface area contributed by atoms with Crippen molar-refractivity contribution in [2.24, 2.45) is 0 Å². The van der Waals surface area contributed by atoms with Crippen molar-refractivity contribution in [3.63, 3.8) is 0 Å². The number of halogens is 2. The van der Waals surface area contributed by atoms with Crippen LogP contribution in [0.15, 0.2) is 60.2 Å². The lowest BCUT2D eigenvalue weighted by Gasteiger charge is -2.29. The van der Waals surface area contributed by atoms with Crippen molar-refractivity contribution in [1.82, 2.24) is 9.88 Å². The van der Waals surface area contributed by atoms with Crippen LogP contribution in [0.2, 0.25) is 10.0 Å². The van der Waals surface area contributed by atoms with E-state index < -0.39 is 11.8 Å². The van der Waals surface area contributed by atoms with Crippen LogP contribution in [0.4, 0.5) is 5.69 Å². The van der Waals surface area contributed by atoms with Gasteiger partial charge in [-0.3, -0.25) is 19.8 Å². The Kier molecular flexibility index (Phi) is 5.71. The molecule has 4 rings (SSSR count). The van der Waals surface area contributed by atoms with E-state index in [9.17, 15) is 9.59 Å². The third-order valence-corrected chi connectivity index (χ3v) is 5.79. The third kappa shape index (κ3) is 4.02. The van der Waals surface area contributed by atoms with Crippen molar-refractivity contribution in [1.29, 1.82) is 0 Å². The SMILES string of the molecule is Cc1cc(/C=C2\C(=O)NC(=S)N(c3cccc(Cl)c3)C2=O)c(C)n1-c1ccc(Cl)cc1. The lowest BCUT2D eigenvalue weighted by Crippen LogP contribution is -2.54. The predicted molar refractivity (Wildman–Crippen MR) is 128 cm³/mol. The van der Waals surface area contributed by atoms with Crippen LogP contribution < -0.4 is 10.2 Å². The molecule has 31 heavy (non-hydrogen) atoms. The first-order valence-electron chi connectivity index (χ1n) is 9.38. The van der Waals surface area contributed by atoms with Gasteiger partial charge in [0.05, 0.1) is 5.69 Å². The number of hydrogen-bond donors (Lipinski definition) is 1. The first-order valence-corrected chi connectivity index (χ1v) is 10.5. The van der Waals surface area contributed by atoms with Crippen LogP contribution in [0.5, 0.6) is 0 Å². The van der Waals surface area contributed by atoms with E-state index in [1.807, 2.05) is 48.7 Å². The zero-order chi connectivity index (χ0) is 22.3. The number of carbonyl (C=O) groups excluding carboxylic acids is 2. The molecule has 0 radical (unpaired) electrons. The zero-order valence-electron chi connectivity index (χ0n) is 16.6. The maximum absolute atomic E-state index is 13.2. The lowest BCUT2D eigenvalue weighted by atomic mass is 10.1. The van der Waals surface area contributed by atoms with Crippen molar-refractivity contribution in [3.05, 3.63) is 87.2 Å². The summed E-state index contributed by atoms with van der Waals surface area (Å²) >= 11 is 17.3. The molecule has 1 aliphatic heterocycles. The number of carbonyl (C=O) groups is 2. The minimum absolute atomic E-state index is 0.00932. The quantitative estimate of drug-likeness (QED) is 0.324. The van der Waals surface area contributed by atoms with E-state index >= 15 is 0 Å². The fourth-order valence-electron chi connectivity index (χ4n) is 3.58. The molecule has 0 unspecified atom stereocenters. The van der Waals surface area contributed by atoms with E-state index in [1.54, 1.807) is 30.3 Å². The Labute approximate surface area is 194 Å². The minimum Gasteiger partial charge on any atom is -0.318 e. The van der Waals surface area contributed by atoms with Crippen molar-refractivity contribution in [3.8, 4) is 5.69 Å². The summed E-state index contributed by atoms with van der Waals surface area (Å²) in [5, 5.41) is 3.71. The van der Waals surface area contributed by atoms with E-state index in [0.29, 0.717) is 15.7 Å². The molecular weight excluding hydrogens is 453 g/mol. The van der Waals surface area contributed by atoms with Crippen molar-refractivity contribution >= 4 is 64.1 Å². The van der Waals surface area contributed by atoms with Gasteiger partial charge in [-0.05, 0) is 86.2 Å². The molecule has 2 aromatic carbocycles. The molecule has 1 aromatic heterocycles. The number of rotatable bonds is 3. The molecule has 1 aliphatic rings. The van der Waals surface area contributed by atoms with Gasteiger partial charge in [0.2, 0.25) is 0 Å². The normalized spacial score (nSPS) is 15.5. The first-order chi connectivity index (χ1) is 14.8. The summed E-state index contributed by atoms with van der Waals surface area (Å²) in [6.07, 6.45) is 1.59. The number of aromatic nitrogens is 1. The van der Waals surface area contributed by atoms with Crippen LogP contribution >= 0.6 is 35.4 Å². The Bertz CT molecular complexity index is 1260. The summed E-state index contributed by atoms with van der Waals surface area (Å²) in [4.78, 5) is 27.1. The van der Waals surface area contributed by atoms with E-state index in [-0.39, 0.29) is 10.7 Å². The van der Waals surface area contributed by atoms with Gasteiger partial charge in [-0.15, -0.1) is 0 Å². The zero-order valence-corrected chi connectivity index (χ0v) is 19.0. The summed E-state index contributed by atoms with van der Waals surface area (Å²) in [6.45, 7) is 3.89. The van der Waals surface area contributed by atoms with Gasteiger partial charge in [0, 0.05) is 27.1 Å². The number of thiocarbonyl (C=S) groups is 1. The molecule has 3 aromatic rings. The molecule has 1 N–H and O–H groups in total. The van der Waals surface area contributed by atoms with Gasteiger partial charge < -0.3 is 4.57 Å². The second-order valence-corrected chi connectivity index (χ2v) is 8.34. The highest BCUT2D eigenvalue weighted by atomic mass is 35.5. The number of amides is 2. The standard InChI is InChI=1S/C23H17Cl2N3O2S/c1-13-10-15(14(2)27(13)18-8-6-16(24)7-9-18)11-20-21(29)26-23(31)28(22(20)30)19-5-3-4-17(25)12-19/h3-12H,1-2H3,(H,26,29,31)/b20-11+. The Hall–Kier alpha value is -2.93. The molecule has 1 saturated heterocycles. The maximum Gasteiger partial charge on any atom is 0.270 e. The van der Waals surface area contributed by atoms with Gasteiger partial charge in [-0.25, -0.2) is 0 Å². The summed E-state index contributed by atoms with van der Waals surface area (Å²) in [7, 11) is 0. The molecule has 8 heteroatoms. The second-order valence-electron chi connectivity index (χ2n) is 7.08. The molecule has 5 nitrogen and oxygen atoms in total. The predicted octanol–water partition coefficient (Wildman–Crippen LogP) is 5.23. The van der Waals surface area contributed by atoms with Crippen LogP contribution in [-0.2, 0) is 9.59 Å². The smallest absolute Gasteiger partial charge is 0.270 e. The number of nitrogens with one attached hydrogen (secondary N) is 1. The molecule has 156 valence electrons. The molecule has 0 atom stereocenters. The third-order valence-electron chi connectivity index (χ3n) is 5.02. The van der Waals surface area contributed by atoms with Gasteiger partial charge in [0.1, 0.15) is 5.57 Å². The average Bonchev–Trinajstić information content (AvgIpc) is 2.99. The van der Waals surface area contributed by atoms with Crippen LogP contribution in [0.25, 0.3) is 11.8 Å². The van der Waals surface area contributed by atoms with E-state index in [4.69, 9.17) is 35.4 Å². The fourth-order valence-corrected chi connectivity index (χ4v) is 4.18. The summed E-state index contributed by atoms with van der Waals surface area (Å²) < 4.78 is 2.04. The van der Waals surface area contributed by atoms with Gasteiger partial charge in [0.15, 0.2) is 5.11 Å². The number of nitrogens with zero attached hydrogens (tertiary/aromatic N) is 2. The van der Waals surface area contributed by atoms with Crippen LogP contribution in [0.1, 0.15) is 17.0 Å². The van der Waals surface area contributed by atoms with Crippen LogP contribution in [-0.4, -0.2) is 21.5 Å². The highest BCUT2D eigenvalue weighted by Gasteiger charge is 2.34. The van der Waals surface area contributed by atoms with Crippen molar-refractivity contribution in [2.45, 2.75) is 13.8 Å². The molecule has 0 aliphatic carbocycles. The number of anilines is 1. The molecule has 0 bridgehead atoms. The molecule has 1 fully saturated rings. The van der Waals surface area contributed by atoms with Gasteiger partial charge in [0.25, 0.3) is 11.8 Å². The van der Waals surface area contributed by atoms with Crippen molar-refractivity contribution in [2.75, 3.05) is 4.90 Å². The van der Waals surface area contributed by atoms with Gasteiger partial charge in [-0.2, -0.15) is 0 Å². The summed E-state index contributed by atoms with van der Waals surface area (Å²) in [5.74, 6) is -1.04. The molecular formula is C23H17Cl2N3O2S. The number of benzene rings is 2. The average molecular weight is 470 g/mol. The second kappa shape index (κ2) is 8.30. The Morgan fingerprint density at radius 3 is 2.32 bits per heavy atom. The Morgan fingerprint density at radius 1 is 0.935 bits per heavy atom. The van der Waals surface area contributed by atoms with Gasteiger partial charge in [-0.1, -0.05) is 29.3 Å². The Morgan fingerprint density at radius 2 is 1.65 bits per heavy atom. The highest BCUT2D eigenvalue weighted by Crippen LogP contribution is 2.27. The van der Waals surface area contributed by atoms with E-state index in [2.05, 4.69) is 5.32 Å². The maximum atomic E-state index is 13.2. The first kappa shape index (κ1) is 21.3. The topological polar surface area (TPSA) is 54.3 Å². The van der Waals surface area contributed by atoms with Crippen LogP contribution in [0, 0.1) is 13.8 Å². The number of hydrogen-bond acceptors (Lipinski definition) is 3. The minimum atomic E-state index is -0.537. The summed E-state index contributed by atoms with van der Waals surface area (Å²) in [6, 6.07) is 16.1. The molecule has 2 heterocycles. The van der Waals surface area contributed by atoms with E-state index in [0.717, 1.165) is 22.6 Å².